The van der Waals surface area contributed by atoms with E-state index in [0.29, 0.717) is 27.8 Å². The van der Waals surface area contributed by atoms with E-state index in [2.05, 4.69) is 15.3 Å². The fourth-order valence-corrected chi connectivity index (χ4v) is 3.67. The summed E-state index contributed by atoms with van der Waals surface area (Å²) in [5.41, 5.74) is 1.62. The number of aliphatic hydroxyl groups excluding tert-OH is 1. The minimum absolute atomic E-state index is 0.0424. The molecule has 0 spiro atoms. The monoisotopic (exact) mass is 403 g/mol. The highest BCUT2D eigenvalue weighted by molar-refractivity contribution is 6.41. The predicted molar refractivity (Wildman–Crippen MR) is 103 cm³/mol. The number of rotatable bonds is 5. The molecule has 8 heteroatoms. The summed E-state index contributed by atoms with van der Waals surface area (Å²) in [5, 5.41) is 13.0. The van der Waals surface area contributed by atoms with Crippen molar-refractivity contribution in [2.24, 2.45) is 5.92 Å². The van der Waals surface area contributed by atoms with E-state index in [4.69, 9.17) is 23.2 Å². The van der Waals surface area contributed by atoms with Gasteiger partial charge in [0.25, 0.3) is 0 Å². The normalized spacial score (nSPS) is 13.7. The average molecular weight is 404 g/mol. The summed E-state index contributed by atoms with van der Waals surface area (Å²) in [5.74, 6) is 0.00612. The lowest BCUT2D eigenvalue weighted by molar-refractivity contribution is -0.117. The second-order valence-electron chi connectivity index (χ2n) is 6.47. The second kappa shape index (κ2) is 6.96. The highest BCUT2D eigenvalue weighted by Gasteiger charge is 2.30. The van der Waals surface area contributed by atoms with E-state index >= 15 is 0 Å². The Bertz CT molecular complexity index is 1050. The number of carbonyl (C=O) groups excluding carboxylic acids is 2. The largest absolute Gasteiger partial charge is 0.392 e. The number of aliphatic hydroxyl groups is 1. The van der Waals surface area contributed by atoms with Gasteiger partial charge in [0.1, 0.15) is 0 Å². The van der Waals surface area contributed by atoms with E-state index < -0.39 is 0 Å². The number of hydrogen-bond donors (Lipinski definition) is 3. The number of H-pyrrole nitrogens is 1. The molecule has 3 N–H and O–H groups in total. The third-order valence-electron chi connectivity index (χ3n) is 4.55. The number of nitrogens with zero attached hydrogens (tertiary/aromatic N) is 1. The quantitative estimate of drug-likeness (QED) is 0.562. The lowest BCUT2D eigenvalue weighted by Crippen LogP contribution is -2.14. The molecular weight excluding hydrogens is 389 g/mol. The van der Waals surface area contributed by atoms with Gasteiger partial charge in [-0.1, -0.05) is 23.2 Å². The number of anilines is 1. The zero-order chi connectivity index (χ0) is 19.1. The third kappa shape index (κ3) is 3.32. The van der Waals surface area contributed by atoms with E-state index in [1.807, 2.05) is 0 Å². The van der Waals surface area contributed by atoms with Gasteiger partial charge in [-0.05, 0) is 36.6 Å². The number of amides is 1. The standard InChI is InChI=1S/C19H15Cl2N3O3/c20-13-5-9(8-25)6-14(21)15(13)17(26)12-7-23-16-11(12)3-4-22-18(16)24-19(27)10-1-2-10/h3-7,10,23,25H,1-2,8H2,(H,22,24,27). The Morgan fingerprint density at radius 3 is 2.59 bits per heavy atom. The maximum atomic E-state index is 13.1. The minimum atomic E-state index is -0.355. The van der Waals surface area contributed by atoms with E-state index in [1.165, 1.54) is 18.3 Å². The summed E-state index contributed by atoms with van der Waals surface area (Å²) in [6.45, 7) is -0.225. The molecule has 0 saturated heterocycles. The molecule has 0 unspecified atom stereocenters. The predicted octanol–water partition coefficient (Wildman–Crippen LogP) is 3.94. The van der Waals surface area contributed by atoms with Gasteiger partial charge in [-0.25, -0.2) is 4.98 Å². The van der Waals surface area contributed by atoms with Crippen molar-refractivity contribution in [1.82, 2.24) is 9.97 Å². The van der Waals surface area contributed by atoms with Crippen LogP contribution in [0.5, 0.6) is 0 Å². The number of ketones is 1. The molecule has 2 heterocycles. The molecule has 138 valence electrons. The van der Waals surface area contributed by atoms with Gasteiger partial charge in [-0.3, -0.25) is 9.59 Å². The maximum Gasteiger partial charge on any atom is 0.228 e. The van der Waals surface area contributed by atoms with E-state index in [-0.39, 0.29) is 39.8 Å². The van der Waals surface area contributed by atoms with Crippen LogP contribution in [0.2, 0.25) is 10.0 Å². The Morgan fingerprint density at radius 1 is 1.26 bits per heavy atom. The van der Waals surface area contributed by atoms with Crippen LogP contribution in [-0.4, -0.2) is 26.8 Å². The lowest BCUT2D eigenvalue weighted by atomic mass is 10.0. The van der Waals surface area contributed by atoms with Gasteiger partial charge in [0, 0.05) is 29.3 Å². The van der Waals surface area contributed by atoms with Crippen molar-refractivity contribution in [3.8, 4) is 0 Å². The van der Waals surface area contributed by atoms with Crippen LogP contribution in [0.15, 0.2) is 30.6 Å². The molecule has 6 nitrogen and oxygen atoms in total. The zero-order valence-electron chi connectivity index (χ0n) is 14.1. The first-order valence-corrected chi connectivity index (χ1v) is 9.15. The fraction of sp³-hybridized carbons (Fsp3) is 0.211. The van der Waals surface area contributed by atoms with Crippen LogP contribution in [-0.2, 0) is 11.4 Å². The highest BCUT2D eigenvalue weighted by Crippen LogP contribution is 2.33. The maximum absolute atomic E-state index is 13.1. The third-order valence-corrected chi connectivity index (χ3v) is 5.14. The number of nitrogens with one attached hydrogen (secondary N) is 2. The fourth-order valence-electron chi connectivity index (χ4n) is 2.97. The molecule has 1 saturated carbocycles. The van der Waals surface area contributed by atoms with Crippen molar-refractivity contribution in [2.45, 2.75) is 19.4 Å². The van der Waals surface area contributed by atoms with E-state index in [9.17, 15) is 14.7 Å². The lowest BCUT2D eigenvalue weighted by Gasteiger charge is -2.08. The minimum Gasteiger partial charge on any atom is -0.392 e. The average Bonchev–Trinajstić information content (AvgIpc) is 3.40. The van der Waals surface area contributed by atoms with Crippen LogP contribution in [0.3, 0.4) is 0 Å². The number of halogens is 2. The number of aromatic nitrogens is 2. The molecule has 4 rings (SSSR count). The Balaban J connectivity index is 1.74. The molecule has 0 aliphatic heterocycles. The number of benzene rings is 1. The second-order valence-corrected chi connectivity index (χ2v) is 7.28. The van der Waals surface area contributed by atoms with Crippen LogP contribution in [0.1, 0.15) is 34.3 Å². The number of pyridine rings is 1. The molecule has 1 fully saturated rings. The Morgan fingerprint density at radius 2 is 1.96 bits per heavy atom. The molecule has 1 aromatic carbocycles. The summed E-state index contributed by atoms with van der Waals surface area (Å²) in [6, 6.07) is 4.71. The van der Waals surface area contributed by atoms with E-state index in [1.54, 1.807) is 12.3 Å². The topological polar surface area (TPSA) is 95.1 Å². The van der Waals surface area contributed by atoms with Gasteiger partial charge in [0.2, 0.25) is 5.91 Å². The Kier molecular flexibility index (Phi) is 4.63. The number of carbonyl (C=O) groups is 2. The van der Waals surface area contributed by atoms with Gasteiger partial charge in [-0.2, -0.15) is 0 Å². The first-order valence-electron chi connectivity index (χ1n) is 8.40. The van der Waals surface area contributed by atoms with Crippen LogP contribution < -0.4 is 5.32 Å². The van der Waals surface area contributed by atoms with E-state index in [0.717, 1.165) is 12.8 Å². The van der Waals surface area contributed by atoms with Gasteiger partial charge in [0.05, 0.1) is 27.7 Å². The summed E-state index contributed by atoms with van der Waals surface area (Å²) in [7, 11) is 0. The molecule has 1 aliphatic rings. The summed E-state index contributed by atoms with van der Waals surface area (Å²) in [6.07, 6.45) is 4.86. The molecule has 0 bridgehead atoms. The molecule has 0 radical (unpaired) electrons. The van der Waals surface area contributed by atoms with Crippen LogP contribution in [0.25, 0.3) is 10.9 Å². The smallest absolute Gasteiger partial charge is 0.228 e. The van der Waals surface area contributed by atoms with Crippen molar-refractivity contribution in [3.63, 3.8) is 0 Å². The SMILES string of the molecule is O=C(c1c(Cl)cc(CO)cc1Cl)c1c[nH]c2c(NC(=O)C3CC3)nccc12. The van der Waals surface area contributed by atoms with Crippen molar-refractivity contribution >= 4 is 51.6 Å². The van der Waals surface area contributed by atoms with Gasteiger partial charge < -0.3 is 15.4 Å². The molecule has 0 atom stereocenters. The summed E-state index contributed by atoms with van der Waals surface area (Å²) in [4.78, 5) is 32.3. The molecule has 2 aromatic heterocycles. The number of fused-ring (bicyclic) bond motifs is 1. The summed E-state index contributed by atoms with van der Waals surface area (Å²) >= 11 is 12.4. The van der Waals surface area contributed by atoms with Crippen molar-refractivity contribution < 1.29 is 14.7 Å². The number of aromatic amines is 1. The Labute approximate surface area is 164 Å². The van der Waals surface area contributed by atoms with Crippen molar-refractivity contribution in [1.29, 1.82) is 0 Å². The molecule has 3 aromatic rings. The first-order chi connectivity index (χ1) is 13.0. The van der Waals surface area contributed by atoms with Gasteiger partial charge in [0.15, 0.2) is 11.6 Å². The summed E-state index contributed by atoms with van der Waals surface area (Å²) < 4.78 is 0. The van der Waals surface area contributed by atoms with Crippen molar-refractivity contribution in [3.05, 3.63) is 57.3 Å². The Hall–Kier alpha value is -2.41. The zero-order valence-corrected chi connectivity index (χ0v) is 15.6. The molecule has 27 heavy (non-hydrogen) atoms. The van der Waals surface area contributed by atoms with Crippen LogP contribution in [0.4, 0.5) is 5.82 Å². The van der Waals surface area contributed by atoms with Crippen LogP contribution >= 0.6 is 23.2 Å². The molecular formula is C19H15Cl2N3O3. The number of hydrogen-bond acceptors (Lipinski definition) is 4. The molecule has 1 aliphatic carbocycles. The van der Waals surface area contributed by atoms with Gasteiger partial charge in [-0.15, -0.1) is 0 Å². The molecule has 1 amide bonds. The van der Waals surface area contributed by atoms with Crippen LogP contribution in [0, 0.1) is 5.92 Å². The van der Waals surface area contributed by atoms with Gasteiger partial charge >= 0.3 is 0 Å². The first kappa shape index (κ1) is 18.0. The highest BCUT2D eigenvalue weighted by atomic mass is 35.5. The van der Waals surface area contributed by atoms with Crippen molar-refractivity contribution in [2.75, 3.05) is 5.32 Å².